The Bertz CT molecular complexity index is 624. The molecule has 0 saturated carbocycles. The third-order valence-electron chi connectivity index (χ3n) is 2.64. The molecular weight excluding hydrogens is 282 g/mol. The number of benzene rings is 2. The standard InChI is InChI=1S/C14H14ClNO2S/c15-11-10-12-6-8-14(9-7-12)19(17,18)16-13-4-2-1-3-5-13/h1-9,16H,10-11H2. The van der Waals surface area contributed by atoms with Gasteiger partial charge < -0.3 is 0 Å². The van der Waals surface area contributed by atoms with Gasteiger partial charge in [-0.3, -0.25) is 4.72 Å². The molecule has 2 aromatic rings. The Labute approximate surface area is 118 Å². The molecule has 0 fully saturated rings. The number of para-hydroxylation sites is 1. The highest BCUT2D eigenvalue weighted by molar-refractivity contribution is 7.92. The minimum Gasteiger partial charge on any atom is -0.280 e. The van der Waals surface area contributed by atoms with Crippen molar-refractivity contribution in [1.29, 1.82) is 0 Å². The molecule has 0 atom stereocenters. The van der Waals surface area contributed by atoms with E-state index in [4.69, 9.17) is 11.6 Å². The number of hydrogen-bond acceptors (Lipinski definition) is 2. The maximum atomic E-state index is 12.1. The summed E-state index contributed by atoms with van der Waals surface area (Å²) < 4.78 is 26.8. The van der Waals surface area contributed by atoms with E-state index in [0.29, 0.717) is 11.6 Å². The number of nitrogens with one attached hydrogen (secondary N) is 1. The first-order chi connectivity index (χ1) is 9.12. The quantitative estimate of drug-likeness (QED) is 0.861. The van der Waals surface area contributed by atoms with Gasteiger partial charge in [-0.05, 0) is 36.2 Å². The van der Waals surface area contributed by atoms with Crippen LogP contribution in [-0.2, 0) is 16.4 Å². The fourth-order valence-electron chi connectivity index (χ4n) is 1.66. The van der Waals surface area contributed by atoms with Gasteiger partial charge >= 0.3 is 0 Å². The molecule has 2 aromatic carbocycles. The van der Waals surface area contributed by atoms with Gasteiger partial charge in [0.1, 0.15) is 0 Å². The molecule has 0 heterocycles. The molecular formula is C14H14ClNO2S. The number of sulfonamides is 1. The van der Waals surface area contributed by atoms with E-state index >= 15 is 0 Å². The van der Waals surface area contributed by atoms with Crippen LogP contribution in [0.5, 0.6) is 0 Å². The molecule has 0 unspecified atom stereocenters. The lowest BCUT2D eigenvalue weighted by atomic mass is 10.2. The fourth-order valence-corrected chi connectivity index (χ4v) is 2.94. The van der Waals surface area contributed by atoms with Gasteiger partial charge in [-0.1, -0.05) is 30.3 Å². The number of halogens is 1. The largest absolute Gasteiger partial charge is 0.280 e. The van der Waals surface area contributed by atoms with Crippen molar-refractivity contribution in [2.45, 2.75) is 11.3 Å². The summed E-state index contributed by atoms with van der Waals surface area (Å²) in [5, 5.41) is 0. The van der Waals surface area contributed by atoms with Crippen LogP contribution in [0, 0.1) is 0 Å². The molecule has 100 valence electrons. The van der Waals surface area contributed by atoms with Crippen LogP contribution in [0.15, 0.2) is 59.5 Å². The van der Waals surface area contributed by atoms with Crippen LogP contribution in [-0.4, -0.2) is 14.3 Å². The van der Waals surface area contributed by atoms with Crippen LogP contribution < -0.4 is 4.72 Å². The van der Waals surface area contributed by atoms with Crippen molar-refractivity contribution in [3.8, 4) is 0 Å². The Balaban J connectivity index is 2.20. The van der Waals surface area contributed by atoms with Gasteiger partial charge in [0.25, 0.3) is 10.0 Å². The number of rotatable bonds is 5. The topological polar surface area (TPSA) is 46.2 Å². The highest BCUT2D eigenvalue weighted by Gasteiger charge is 2.13. The zero-order valence-corrected chi connectivity index (χ0v) is 11.8. The van der Waals surface area contributed by atoms with Crippen molar-refractivity contribution >= 4 is 27.3 Å². The van der Waals surface area contributed by atoms with E-state index in [9.17, 15) is 8.42 Å². The van der Waals surface area contributed by atoms with E-state index < -0.39 is 10.0 Å². The summed E-state index contributed by atoms with van der Waals surface area (Å²) in [5.41, 5.74) is 1.57. The molecule has 19 heavy (non-hydrogen) atoms. The van der Waals surface area contributed by atoms with Crippen LogP contribution in [0.2, 0.25) is 0 Å². The Hall–Kier alpha value is -1.52. The zero-order chi connectivity index (χ0) is 13.7. The van der Waals surface area contributed by atoms with Gasteiger partial charge in [0, 0.05) is 11.6 Å². The van der Waals surface area contributed by atoms with Gasteiger partial charge in [0.05, 0.1) is 4.90 Å². The minimum absolute atomic E-state index is 0.245. The van der Waals surface area contributed by atoms with Gasteiger partial charge in [0.15, 0.2) is 0 Å². The van der Waals surface area contributed by atoms with Crippen LogP contribution in [0.25, 0.3) is 0 Å². The lowest BCUT2D eigenvalue weighted by Gasteiger charge is -2.08. The Kier molecular flexibility index (Phi) is 4.45. The first-order valence-corrected chi connectivity index (χ1v) is 7.86. The van der Waals surface area contributed by atoms with Gasteiger partial charge in [-0.2, -0.15) is 0 Å². The fraction of sp³-hybridized carbons (Fsp3) is 0.143. The average molecular weight is 296 g/mol. The van der Waals surface area contributed by atoms with Crippen molar-refractivity contribution in [1.82, 2.24) is 0 Å². The second-order valence-corrected chi connectivity index (χ2v) is 6.11. The molecule has 0 spiro atoms. The highest BCUT2D eigenvalue weighted by Crippen LogP contribution is 2.16. The van der Waals surface area contributed by atoms with E-state index in [-0.39, 0.29) is 4.90 Å². The molecule has 0 aromatic heterocycles. The lowest BCUT2D eigenvalue weighted by Crippen LogP contribution is -2.12. The third-order valence-corrected chi connectivity index (χ3v) is 4.23. The summed E-state index contributed by atoms with van der Waals surface area (Å²) >= 11 is 5.64. The van der Waals surface area contributed by atoms with E-state index in [2.05, 4.69) is 4.72 Å². The van der Waals surface area contributed by atoms with Gasteiger partial charge in [-0.25, -0.2) is 8.42 Å². The van der Waals surface area contributed by atoms with E-state index in [1.165, 1.54) is 0 Å². The van der Waals surface area contributed by atoms with Crippen LogP contribution in [0.3, 0.4) is 0 Å². The third kappa shape index (κ3) is 3.72. The zero-order valence-electron chi connectivity index (χ0n) is 10.2. The number of hydrogen-bond donors (Lipinski definition) is 1. The molecule has 1 N–H and O–H groups in total. The summed E-state index contributed by atoms with van der Waals surface area (Å²) in [6.45, 7) is 0. The second kappa shape index (κ2) is 6.08. The molecule has 0 bridgehead atoms. The minimum atomic E-state index is -3.53. The molecule has 3 nitrogen and oxygen atoms in total. The van der Waals surface area contributed by atoms with Crippen molar-refractivity contribution < 1.29 is 8.42 Å². The number of anilines is 1. The molecule has 0 amide bonds. The first kappa shape index (κ1) is 13.9. The van der Waals surface area contributed by atoms with Crippen molar-refractivity contribution in [2.75, 3.05) is 10.6 Å². The summed E-state index contributed by atoms with van der Waals surface area (Å²) in [7, 11) is -3.53. The smallest absolute Gasteiger partial charge is 0.261 e. The molecule has 2 rings (SSSR count). The summed E-state index contributed by atoms with van der Waals surface area (Å²) in [6.07, 6.45) is 0.730. The Morgan fingerprint density at radius 3 is 2.16 bits per heavy atom. The van der Waals surface area contributed by atoms with Gasteiger partial charge in [0.2, 0.25) is 0 Å². The van der Waals surface area contributed by atoms with Crippen LogP contribution in [0.4, 0.5) is 5.69 Å². The number of alkyl halides is 1. The van der Waals surface area contributed by atoms with Crippen molar-refractivity contribution in [3.05, 3.63) is 60.2 Å². The van der Waals surface area contributed by atoms with Crippen LogP contribution >= 0.6 is 11.6 Å². The summed E-state index contributed by atoms with van der Waals surface area (Å²) in [6, 6.07) is 15.5. The lowest BCUT2D eigenvalue weighted by molar-refractivity contribution is 0.601. The summed E-state index contributed by atoms with van der Waals surface area (Å²) in [5.74, 6) is 0.522. The predicted octanol–water partition coefficient (Wildman–Crippen LogP) is 3.27. The molecule has 0 saturated heterocycles. The van der Waals surface area contributed by atoms with E-state index in [1.807, 2.05) is 6.07 Å². The maximum Gasteiger partial charge on any atom is 0.261 e. The van der Waals surface area contributed by atoms with Gasteiger partial charge in [-0.15, -0.1) is 11.6 Å². The van der Waals surface area contributed by atoms with Crippen LogP contribution in [0.1, 0.15) is 5.56 Å². The maximum absolute atomic E-state index is 12.1. The van der Waals surface area contributed by atoms with Crippen molar-refractivity contribution in [3.63, 3.8) is 0 Å². The van der Waals surface area contributed by atoms with E-state index in [1.54, 1.807) is 48.5 Å². The summed E-state index contributed by atoms with van der Waals surface area (Å²) in [4.78, 5) is 0.245. The molecule has 0 radical (unpaired) electrons. The number of aryl methyl sites for hydroxylation is 1. The molecule has 5 heteroatoms. The van der Waals surface area contributed by atoms with Crippen molar-refractivity contribution in [2.24, 2.45) is 0 Å². The average Bonchev–Trinajstić information content (AvgIpc) is 2.40. The normalized spacial score (nSPS) is 11.2. The monoisotopic (exact) mass is 295 g/mol. The predicted molar refractivity (Wildman–Crippen MR) is 78.1 cm³/mol. The highest BCUT2D eigenvalue weighted by atomic mass is 35.5. The Morgan fingerprint density at radius 1 is 0.947 bits per heavy atom. The second-order valence-electron chi connectivity index (χ2n) is 4.05. The molecule has 0 aliphatic rings. The van der Waals surface area contributed by atoms with E-state index in [0.717, 1.165) is 12.0 Å². The SMILES string of the molecule is O=S(=O)(Nc1ccccc1)c1ccc(CCCl)cc1. The molecule has 0 aliphatic heterocycles. The molecule has 0 aliphatic carbocycles. The first-order valence-electron chi connectivity index (χ1n) is 5.84. The Morgan fingerprint density at radius 2 is 1.58 bits per heavy atom.